The number of rotatable bonds is 3. The van der Waals surface area contributed by atoms with Gasteiger partial charge in [0.1, 0.15) is 6.54 Å². The first kappa shape index (κ1) is 17.9. The number of quaternary nitrogens is 1. The van der Waals surface area contributed by atoms with Crippen LogP contribution in [-0.4, -0.2) is 19.1 Å². The van der Waals surface area contributed by atoms with Gasteiger partial charge in [-0.15, -0.1) is 0 Å². The zero-order chi connectivity index (χ0) is 16.4. The van der Waals surface area contributed by atoms with Gasteiger partial charge in [0.25, 0.3) is 0 Å². The topological polar surface area (TPSA) is 42.9 Å². The van der Waals surface area contributed by atoms with E-state index in [1.807, 2.05) is 24.3 Å². The highest BCUT2D eigenvalue weighted by atomic mass is 127. The molecule has 120 valence electrons. The number of ether oxygens (including phenoxy) is 1. The van der Waals surface area contributed by atoms with E-state index in [1.165, 1.54) is 0 Å². The number of hydrogen-bond acceptors (Lipinski definition) is 2. The second-order valence-electron chi connectivity index (χ2n) is 5.53. The minimum Gasteiger partial charge on any atom is -0.444 e. The smallest absolute Gasteiger partial charge is 0.340 e. The molecule has 2 aromatic carbocycles. The molecule has 3 nitrogen and oxygen atoms in total. The molecular formula is C17H15I3NO2+. The van der Waals surface area contributed by atoms with Crippen LogP contribution in [0.25, 0.3) is 0 Å². The number of carbonyl (C=O) groups excluding carboxylic acids is 1. The van der Waals surface area contributed by atoms with Gasteiger partial charge in [-0.1, -0.05) is 30.3 Å². The highest BCUT2D eigenvalue weighted by Gasteiger charge is 2.43. The largest absolute Gasteiger partial charge is 0.444 e. The Bertz CT molecular complexity index is 728. The Hall–Kier alpha value is 0.0600. The molecule has 0 aromatic heterocycles. The Morgan fingerprint density at radius 3 is 2.52 bits per heavy atom. The average Bonchev–Trinajstić information content (AvgIpc) is 3.01. The Kier molecular flexibility index (Phi) is 5.85. The van der Waals surface area contributed by atoms with Crippen molar-refractivity contribution >= 4 is 73.7 Å². The zero-order valence-corrected chi connectivity index (χ0v) is 18.7. The van der Waals surface area contributed by atoms with Gasteiger partial charge in [-0.05, 0) is 79.9 Å². The lowest BCUT2D eigenvalue weighted by atomic mass is 9.92. The number of halogens is 3. The van der Waals surface area contributed by atoms with Gasteiger partial charge in [-0.2, -0.15) is 0 Å². The van der Waals surface area contributed by atoms with E-state index in [0.717, 1.165) is 35.8 Å². The third kappa shape index (κ3) is 3.84. The maximum absolute atomic E-state index is 12.9. The fourth-order valence-electron chi connectivity index (χ4n) is 2.87. The van der Waals surface area contributed by atoms with Crippen molar-refractivity contribution in [3.8, 4) is 0 Å². The molecule has 1 aliphatic heterocycles. The van der Waals surface area contributed by atoms with Crippen molar-refractivity contribution in [2.24, 2.45) is 0 Å². The molecule has 1 unspecified atom stereocenters. The lowest BCUT2D eigenvalue weighted by molar-refractivity contribution is -0.641. The van der Waals surface area contributed by atoms with Crippen molar-refractivity contribution in [1.29, 1.82) is 0 Å². The van der Waals surface area contributed by atoms with Gasteiger partial charge in [0, 0.05) is 22.7 Å². The highest BCUT2D eigenvalue weighted by molar-refractivity contribution is 14.1. The molecule has 1 saturated heterocycles. The van der Waals surface area contributed by atoms with Gasteiger partial charge < -0.3 is 10.1 Å². The summed E-state index contributed by atoms with van der Waals surface area (Å²) in [6.45, 7) is 1.75. The van der Waals surface area contributed by atoms with E-state index in [0.29, 0.717) is 5.56 Å². The molecular weight excluding hydrogens is 631 g/mol. The maximum atomic E-state index is 12.9. The summed E-state index contributed by atoms with van der Waals surface area (Å²) in [5.74, 6) is -0.231. The molecule has 0 spiro atoms. The molecule has 0 radical (unpaired) electrons. The Morgan fingerprint density at radius 2 is 1.87 bits per heavy atom. The van der Waals surface area contributed by atoms with Crippen LogP contribution in [0.3, 0.4) is 0 Å². The van der Waals surface area contributed by atoms with Gasteiger partial charge in [-0.3, -0.25) is 0 Å². The second-order valence-corrected chi connectivity index (χ2v) is 9.02. The average molecular weight is 646 g/mol. The number of carbonyl (C=O) groups is 1. The van der Waals surface area contributed by atoms with Crippen molar-refractivity contribution in [1.82, 2.24) is 0 Å². The van der Waals surface area contributed by atoms with Crippen LogP contribution >= 0.6 is 67.8 Å². The molecule has 23 heavy (non-hydrogen) atoms. The van der Waals surface area contributed by atoms with Crippen LogP contribution in [0.4, 0.5) is 0 Å². The summed E-state index contributed by atoms with van der Waals surface area (Å²) in [5.41, 5.74) is 1.22. The molecule has 0 bridgehead atoms. The van der Waals surface area contributed by atoms with Gasteiger partial charge in [-0.25, -0.2) is 4.79 Å². The summed E-state index contributed by atoms with van der Waals surface area (Å²) >= 11 is 6.72. The summed E-state index contributed by atoms with van der Waals surface area (Å²) in [4.78, 5) is 12.9. The van der Waals surface area contributed by atoms with E-state index in [-0.39, 0.29) is 5.97 Å². The van der Waals surface area contributed by atoms with Crippen LogP contribution in [-0.2, 0) is 10.3 Å². The Labute approximate surface area is 176 Å². The zero-order valence-electron chi connectivity index (χ0n) is 12.2. The molecule has 2 N–H and O–H groups in total. The standard InChI is InChI=1S/C17H14I3NO2/c18-12-8-13(15(20)14(19)9-12)16(22)23-17(6-7-21-10-17)11-4-2-1-3-5-11/h1-5,8-9,21H,6-7,10H2/p+1. The second kappa shape index (κ2) is 7.52. The summed E-state index contributed by atoms with van der Waals surface area (Å²) < 4.78 is 9.16. The van der Waals surface area contributed by atoms with Crippen LogP contribution < -0.4 is 5.32 Å². The number of hydrogen-bond donors (Lipinski definition) is 1. The molecule has 0 amide bonds. The first-order valence-corrected chi connectivity index (χ1v) is 10.5. The molecule has 2 aromatic rings. The number of nitrogens with two attached hydrogens (primary N) is 1. The lowest BCUT2D eigenvalue weighted by Crippen LogP contribution is -2.82. The summed E-state index contributed by atoms with van der Waals surface area (Å²) in [6.07, 6.45) is 0.848. The highest BCUT2D eigenvalue weighted by Crippen LogP contribution is 2.32. The normalized spacial score (nSPS) is 20.5. The molecule has 0 aliphatic carbocycles. The van der Waals surface area contributed by atoms with E-state index in [2.05, 4.69) is 91.3 Å². The Morgan fingerprint density at radius 1 is 1.13 bits per heavy atom. The van der Waals surface area contributed by atoms with Gasteiger partial charge >= 0.3 is 5.97 Å². The summed E-state index contributed by atoms with van der Waals surface area (Å²) in [6, 6.07) is 14.1. The molecule has 1 atom stereocenters. The molecule has 0 saturated carbocycles. The first-order valence-electron chi connectivity index (χ1n) is 7.27. The van der Waals surface area contributed by atoms with Crippen molar-refractivity contribution in [3.63, 3.8) is 0 Å². The van der Waals surface area contributed by atoms with Crippen molar-refractivity contribution in [3.05, 3.63) is 64.3 Å². The first-order chi connectivity index (χ1) is 11.0. The predicted octanol–water partition coefficient (Wildman–Crippen LogP) is 3.52. The third-order valence-corrected chi connectivity index (χ3v) is 7.70. The van der Waals surface area contributed by atoms with E-state index in [1.54, 1.807) is 0 Å². The third-order valence-electron chi connectivity index (χ3n) is 4.03. The fraction of sp³-hybridized carbons (Fsp3) is 0.235. The minimum atomic E-state index is -0.520. The number of esters is 1. The van der Waals surface area contributed by atoms with Crippen LogP contribution in [0.1, 0.15) is 22.3 Å². The molecule has 1 fully saturated rings. The van der Waals surface area contributed by atoms with Gasteiger partial charge in [0.15, 0.2) is 5.60 Å². The fourth-order valence-corrected chi connectivity index (χ4v) is 5.24. The lowest BCUT2D eigenvalue weighted by Gasteiger charge is -2.27. The van der Waals surface area contributed by atoms with E-state index >= 15 is 0 Å². The quantitative estimate of drug-likeness (QED) is 0.316. The molecule has 3 rings (SSSR count). The molecule has 1 aliphatic rings. The van der Waals surface area contributed by atoms with E-state index in [4.69, 9.17) is 4.74 Å². The van der Waals surface area contributed by atoms with E-state index in [9.17, 15) is 4.79 Å². The maximum Gasteiger partial charge on any atom is 0.340 e. The SMILES string of the molecule is O=C(OC1(c2ccccc2)CC[NH2+]C1)c1cc(I)cc(I)c1I. The van der Waals surface area contributed by atoms with Crippen molar-refractivity contribution < 1.29 is 14.8 Å². The monoisotopic (exact) mass is 646 g/mol. The van der Waals surface area contributed by atoms with Gasteiger partial charge in [0.2, 0.25) is 0 Å². The summed E-state index contributed by atoms with van der Waals surface area (Å²) in [7, 11) is 0. The predicted molar refractivity (Wildman–Crippen MR) is 114 cm³/mol. The Balaban J connectivity index is 1.94. The van der Waals surface area contributed by atoms with Crippen LogP contribution in [0.15, 0.2) is 42.5 Å². The van der Waals surface area contributed by atoms with Crippen LogP contribution in [0.5, 0.6) is 0 Å². The van der Waals surface area contributed by atoms with Crippen molar-refractivity contribution in [2.45, 2.75) is 12.0 Å². The van der Waals surface area contributed by atoms with Crippen LogP contribution in [0, 0.1) is 10.7 Å². The summed E-state index contributed by atoms with van der Waals surface area (Å²) in [5, 5.41) is 2.21. The molecule has 6 heteroatoms. The van der Waals surface area contributed by atoms with Crippen LogP contribution in [0.2, 0.25) is 0 Å². The van der Waals surface area contributed by atoms with Crippen molar-refractivity contribution in [2.75, 3.05) is 13.1 Å². The molecule has 1 heterocycles. The van der Waals surface area contributed by atoms with E-state index < -0.39 is 5.60 Å². The minimum absolute atomic E-state index is 0.231. The number of benzene rings is 2. The van der Waals surface area contributed by atoms with Gasteiger partial charge in [0.05, 0.1) is 12.1 Å².